The molecule has 0 spiro atoms. The zero-order valence-corrected chi connectivity index (χ0v) is 14.4. The van der Waals surface area contributed by atoms with Gasteiger partial charge in [-0.05, 0) is 49.6 Å². The van der Waals surface area contributed by atoms with Gasteiger partial charge in [-0.3, -0.25) is 9.59 Å². The van der Waals surface area contributed by atoms with Crippen LogP contribution in [0.4, 0.5) is 5.69 Å². The Hall–Kier alpha value is -2.33. The number of anilines is 1. The van der Waals surface area contributed by atoms with E-state index in [2.05, 4.69) is 0 Å². The predicted octanol–water partition coefficient (Wildman–Crippen LogP) is 3.96. The number of ether oxygens (including phenoxy) is 1. The van der Waals surface area contributed by atoms with E-state index in [4.69, 9.17) is 16.3 Å². The van der Waals surface area contributed by atoms with Crippen molar-refractivity contribution in [2.45, 2.75) is 20.3 Å². The second-order valence-corrected chi connectivity index (χ2v) is 6.30. The summed E-state index contributed by atoms with van der Waals surface area (Å²) in [4.78, 5) is 26.0. The van der Waals surface area contributed by atoms with Crippen LogP contribution in [0.1, 0.15) is 27.9 Å². The number of ketones is 1. The fourth-order valence-electron chi connectivity index (χ4n) is 3.01. The Kier molecular flexibility index (Phi) is 4.58. The first-order valence-electron chi connectivity index (χ1n) is 7.84. The van der Waals surface area contributed by atoms with E-state index in [1.165, 1.54) is 0 Å². The molecule has 4 nitrogen and oxygen atoms in total. The monoisotopic (exact) mass is 343 g/mol. The van der Waals surface area contributed by atoms with Crippen LogP contribution in [0, 0.1) is 13.8 Å². The molecule has 0 fully saturated rings. The molecule has 3 rings (SSSR count). The van der Waals surface area contributed by atoms with Crippen LogP contribution in [-0.4, -0.2) is 24.8 Å². The van der Waals surface area contributed by atoms with Crippen molar-refractivity contribution >= 4 is 29.0 Å². The zero-order valence-electron chi connectivity index (χ0n) is 13.6. The number of rotatable bonds is 5. The van der Waals surface area contributed by atoms with Crippen molar-refractivity contribution in [3.63, 3.8) is 0 Å². The van der Waals surface area contributed by atoms with Gasteiger partial charge in [0.05, 0.1) is 22.9 Å². The summed E-state index contributed by atoms with van der Waals surface area (Å²) in [5.41, 5.74) is 3.16. The Balaban J connectivity index is 1.68. The maximum atomic E-state index is 12.3. The first-order valence-corrected chi connectivity index (χ1v) is 8.21. The molecule has 1 amide bonds. The number of benzene rings is 2. The van der Waals surface area contributed by atoms with Crippen LogP contribution in [0.3, 0.4) is 0 Å². The van der Waals surface area contributed by atoms with Crippen molar-refractivity contribution in [2.24, 2.45) is 0 Å². The van der Waals surface area contributed by atoms with Crippen molar-refractivity contribution in [1.29, 1.82) is 0 Å². The Bertz CT molecular complexity index is 816. The van der Waals surface area contributed by atoms with Gasteiger partial charge in [0.1, 0.15) is 5.75 Å². The summed E-state index contributed by atoms with van der Waals surface area (Å²) in [6.07, 6.45) is 0.608. The van der Waals surface area contributed by atoms with E-state index in [9.17, 15) is 9.59 Å². The lowest BCUT2D eigenvalue weighted by Gasteiger charge is -2.19. The zero-order chi connectivity index (χ0) is 17.3. The van der Waals surface area contributed by atoms with E-state index < -0.39 is 11.7 Å². The van der Waals surface area contributed by atoms with Gasteiger partial charge in [0.2, 0.25) is 0 Å². The van der Waals surface area contributed by atoms with Crippen LogP contribution in [0.2, 0.25) is 5.02 Å². The highest BCUT2D eigenvalue weighted by Gasteiger charge is 2.36. The van der Waals surface area contributed by atoms with Crippen LogP contribution in [0.5, 0.6) is 5.75 Å². The molecule has 0 bridgehead atoms. The van der Waals surface area contributed by atoms with Crippen molar-refractivity contribution in [3.8, 4) is 5.75 Å². The van der Waals surface area contributed by atoms with Crippen molar-refractivity contribution < 1.29 is 14.3 Å². The molecule has 0 unspecified atom stereocenters. The summed E-state index contributed by atoms with van der Waals surface area (Å²) in [5, 5.41) is 0.557. The van der Waals surface area contributed by atoms with Crippen LogP contribution in [0.15, 0.2) is 36.4 Å². The van der Waals surface area contributed by atoms with Crippen molar-refractivity contribution in [2.75, 3.05) is 18.1 Å². The number of para-hydroxylation sites is 1. The summed E-state index contributed by atoms with van der Waals surface area (Å²) in [7, 11) is 0. The van der Waals surface area contributed by atoms with E-state index in [-0.39, 0.29) is 0 Å². The summed E-state index contributed by atoms with van der Waals surface area (Å²) >= 11 is 6.04. The number of halogens is 1. The van der Waals surface area contributed by atoms with Crippen LogP contribution in [0.25, 0.3) is 0 Å². The normalized spacial score (nSPS) is 13.4. The van der Waals surface area contributed by atoms with E-state index in [1.54, 1.807) is 23.1 Å². The Morgan fingerprint density at radius 1 is 1.12 bits per heavy atom. The molecule has 2 aromatic carbocycles. The number of amides is 1. The standard InChI is InChI=1S/C19H18ClNO3/c1-12-10-13(2)17-14(11-12)18(22)19(23)21(17)8-5-9-24-16-7-4-3-6-15(16)20/h3-4,6-7,10-11H,5,8-9H2,1-2H3. The van der Waals surface area contributed by atoms with Gasteiger partial charge in [-0.15, -0.1) is 0 Å². The second kappa shape index (κ2) is 6.65. The van der Waals surface area contributed by atoms with E-state index >= 15 is 0 Å². The predicted molar refractivity (Wildman–Crippen MR) is 94.2 cm³/mol. The molecule has 0 saturated heterocycles. The largest absolute Gasteiger partial charge is 0.492 e. The lowest BCUT2D eigenvalue weighted by molar-refractivity contribution is -0.114. The number of carbonyl (C=O) groups excluding carboxylic acids is 2. The number of nitrogens with zero attached hydrogens (tertiary/aromatic N) is 1. The number of hydrogen-bond donors (Lipinski definition) is 0. The molecular formula is C19H18ClNO3. The van der Waals surface area contributed by atoms with Gasteiger partial charge in [-0.25, -0.2) is 0 Å². The average Bonchev–Trinajstić information content (AvgIpc) is 2.78. The minimum Gasteiger partial charge on any atom is -0.492 e. The molecule has 0 saturated carbocycles. The second-order valence-electron chi connectivity index (χ2n) is 5.90. The number of Topliss-reactive ketones (excluding diaryl/α,β-unsaturated/α-hetero) is 1. The van der Waals surface area contributed by atoms with Gasteiger partial charge in [0, 0.05) is 6.54 Å². The lowest BCUT2D eigenvalue weighted by Crippen LogP contribution is -2.31. The van der Waals surface area contributed by atoms with E-state index in [0.29, 0.717) is 35.9 Å². The fourth-order valence-corrected chi connectivity index (χ4v) is 3.20. The molecule has 2 aromatic rings. The molecule has 0 N–H and O–H groups in total. The van der Waals surface area contributed by atoms with Gasteiger partial charge in [0.15, 0.2) is 0 Å². The Morgan fingerprint density at radius 3 is 2.62 bits per heavy atom. The molecule has 1 heterocycles. The van der Waals surface area contributed by atoms with Crippen molar-refractivity contribution in [1.82, 2.24) is 0 Å². The van der Waals surface area contributed by atoms with Crippen LogP contribution < -0.4 is 9.64 Å². The van der Waals surface area contributed by atoms with E-state index in [1.807, 2.05) is 32.0 Å². The molecule has 24 heavy (non-hydrogen) atoms. The number of hydrogen-bond acceptors (Lipinski definition) is 3. The highest BCUT2D eigenvalue weighted by molar-refractivity contribution is 6.52. The van der Waals surface area contributed by atoms with E-state index in [0.717, 1.165) is 16.8 Å². The maximum absolute atomic E-state index is 12.3. The molecule has 5 heteroatoms. The highest BCUT2D eigenvalue weighted by Crippen LogP contribution is 2.33. The minimum atomic E-state index is -0.462. The number of carbonyl (C=O) groups is 2. The molecule has 1 aliphatic rings. The van der Waals surface area contributed by atoms with Gasteiger partial charge in [0.25, 0.3) is 11.7 Å². The Morgan fingerprint density at radius 2 is 1.88 bits per heavy atom. The highest BCUT2D eigenvalue weighted by atomic mass is 35.5. The molecular weight excluding hydrogens is 326 g/mol. The molecule has 0 aliphatic carbocycles. The first kappa shape index (κ1) is 16.5. The SMILES string of the molecule is Cc1cc(C)c2c(c1)C(=O)C(=O)N2CCCOc1ccccc1Cl. The Labute approximate surface area is 146 Å². The first-order chi connectivity index (χ1) is 11.5. The third kappa shape index (κ3) is 3.02. The molecule has 0 atom stereocenters. The fraction of sp³-hybridized carbons (Fsp3) is 0.263. The summed E-state index contributed by atoms with van der Waals surface area (Å²) < 4.78 is 5.64. The average molecular weight is 344 g/mol. The topological polar surface area (TPSA) is 46.6 Å². The molecule has 124 valence electrons. The smallest absolute Gasteiger partial charge is 0.299 e. The van der Waals surface area contributed by atoms with Gasteiger partial charge >= 0.3 is 0 Å². The minimum absolute atomic E-state index is 0.419. The number of fused-ring (bicyclic) bond motifs is 1. The van der Waals surface area contributed by atoms with Gasteiger partial charge < -0.3 is 9.64 Å². The lowest BCUT2D eigenvalue weighted by atomic mass is 10.0. The third-order valence-electron chi connectivity index (χ3n) is 4.02. The van der Waals surface area contributed by atoms with Crippen LogP contribution >= 0.6 is 11.6 Å². The molecule has 0 radical (unpaired) electrons. The summed E-state index contributed by atoms with van der Waals surface area (Å²) in [5.74, 6) is -0.268. The molecule has 0 aromatic heterocycles. The van der Waals surface area contributed by atoms with Crippen molar-refractivity contribution in [3.05, 3.63) is 58.1 Å². The molecule has 1 aliphatic heterocycles. The summed E-state index contributed by atoms with van der Waals surface area (Å²) in [6, 6.07) is 11.0. The summed E-state index contributed by atoms with van der Waals surface area (Å²) in [6.45, 7) is 4.70. The number of aryl methyl sites for hydroxylation is 2. The van der Waals surface area contributed by atoms with Crippen LogP contribution in [-0.2, 0) is 4.79 Å². The third-order valence-corrected chi connectivity index (χ3v) is 4.33. The maximum Gasteiger partial charge on any atom is 0.299 e. The van der Waals surface area contributed by atoms with Gasteiger partial charge in [-0.2, -0.15) is 0 Å². The van der Waals surface area contributed by atoms with Gasteiger partial charge in [-0.1, -0.05) is 29.8 Å². The quantitative estimate of drug-likeness (QED) is 0.610.